The van der Waals surface area contributed by atoms with Crippen LogP contribution in [0, 0.1) is 11.8 Å². The van der Waals surface area contributed by atoms with Gasteiger partial charge in [-0.3, -0.25) is 9.59 Å². The van der Waals surface area contributed by atoms with Gasteiger partial charge in [-0.2, -0.15) is 0 Å². The molecule has 2 amide bonds. The molecule has 0 aromatic carbocycles. The van der Waals surface area contributed by atoms with E-state index in [0.29, 0.717) is 19.6 Å². The van der Waals surface area contributed by atoms with Crippen LogP contribution in [0.5, 0.6) is 0 Å². The Labute approximate surface area is 116 Å². The van der Waals surface area contributed by atoms with Crippen LogP contribution >= 0.6 is 0 Å². The lowest BCUT2D eigenvalue weighted by atomic mass is 9.95. The number of piperidine rings is 1. The Morgan fingerprint density at radius 3 is 2.32 bits per heavy atom. The molecule has 110 valence electrons. The van der Waals surface area contributed by atoms with Crippen LogP contribution in [0.4, 0.5) is 0 Å². The lowest BCUT2D eigenvalue weighted by Crippen LogP contribution is -2.45. The van der Waals surface area contributed by atoms with Crippen molar-refractivity contribution in [2.75, 3.05) is 40.3 Å². The number of amides is 2. The second-order valence-corrected chi connectivity index (χ2v) is 5.85. The topological polar surface area (TPSA) is 52.7 Å². The van der Waals surface area contributed by atoms with E-state index in [1.54, 1.807) is 0 Å². The quantitative estimate of drug-likeness (QED) is 0.793. The molecule has 0 spiro atoms. The van der Waals surface area contributed by atoms with E-state index in [2.05, 4.69) is 5.32 Å². The van der Waals surface area contributed by atoms with E-state index in [-0.39, 0.29) is 23.7 Å². The summed E-state index contributed by atoms with van der Waals surface area (Å²) in [4.78, 5) is 27.7. The third kappa shape index (κ3) is 5.19. The van der Waals surface area contributed by atoms with Crippen molar-refractivity contribution in [2.24, 2.45) is 11.8 Å². The summed E-state index contributed by atoms with van der Waals surface area (Å²) in [5.74, 6) is 0.453. The van der Waals surface area contributed by atoms with Gasteiger partial charge in [-0.1, -0.05) is 13.8 Å². The summed E-state index contributed by atoms with van der Waals surface area (Å²) >= 11 is 0. The number of hydrogen-bond acceptors (Lipinski definition) is 3. The van der Waals surface area contributed by atoms with Crippen molar-refractivity contribution in [2.45, 2.75) is 26.7 Å². The minimum Gasteiger partial charge on any atom is -0.355 e. The first-order valence-electron chi connectivity index (χ1n) is 7.13. The van der Waals surface area contributed by atoms with E-state index in [0.717, 1.165) is 19.4 Å². The predicted octanol–water partition coefficient (Wildman–Crippen LogP) is 0.559. The molecule has 0 aromatic heterocycles. The highest BCUT2D eigenvalue weighted by Crippen LogP contribution is 2.18. The monoisotopic (exact) mass is 269 g/mol. The van der Waals surface area contributed by atoms with Crippen molar-refractivity contribution < 1.29 is 9.59 Å². The first-order valence-corrected chi connectivity index (χ1v) is 7.13. The van der Waals surface area contributed by atoms with Gasteiger partial charge in [-0.15, -0.1) is 0 Å². The molecule has 1 saturated heterocycles. The zero-order valence-electron chi connectivity index (χ0n) is 12.6. The highest BCUT2D eigenvalue weighted by Gasteiger charge is 2.27. The number of rotatable bonds is 5. The molecule has 1 rings (SSSR count). The Hall–Kier alpha value is -1.10. The van der Waals surface area contributed by atoms with E-state index in [9.17, 15) is 9.59 Å². The minimum atomic E-state index is 0.0467. The van der Waals surface area contributed by atoms with Crippen LogP contribution in [0.25, 0.3) is 0 Å². The molecular formula is C14H27N3O2. The van der Waals surface area contributed by atoms with E-state index in [1.165, 1.54) is 0 Å². The van der Waals surface area contributed by atoms with Crippen molar-refractivity contribution in [1.82, 2.24) is 15.1 Å². The standard InChI is InChI=1S/C14H27N3O2/c1-11(2)14(19)17-8-5-12(6-9-17)13(18)15-7-10-16(3)4/h11-12H,5-10H2,1-4H3,(H,15,18). The largest absolute Gasteiger partial charge is 0.355 e. The second kappa shape index (κ2) is 7.48. The predicted molar refractivity (Wildman–Crippen MR) is 75.7 cm³/mol. The van der Waals surface area contributed by atoms with E-state index in [1.807, 2.05) is 37.7 Å². The Balaban J connectivity index is 2.29. The van der Waals surface area contributed by atoms with Gasteiger partial charge in [0.15, 0.2) is 0 Å². The van der Waals surface area contributed by atoms with Crippen LogP contribution in [0.3, 0.4) is 0 Å². The normalized spacial score (nSPS) is 17.1. The van der Waals surface area contributed by atoms with E-state index >= 15 is 0 Å². The lowest BCUT2D eigenvalue weighted by molar-refractivity contribution is -0.138. The fraction of sp³-hybridized carbons (Fsp3) is 0.857. The molecule has 1 fully saturated rings. The van der Waals surface area contributed by atoms with Crippen molar-refractivity contribution in [3.63, 3.8) is 0 Å². The molecule has 1 aliphatic rings. The summed E-state index contributed by atoms with van der Waals surface area (Å²) in [5.41, 5.74) is 0. The molecule has 0 radical (unpaired) electrons. The van der Waals surface area contributed by atoms with Crippen molar-refractivity contribution in [3.05, 3.63) is 0 Å². The van der Waals surface area contributed by atoms with Gasteiger partial charge in [-0.25, -0.2) is 0 Å². The molecule has 0 atom stereocenters. The average molecular weight is 269 g/mol. The van der Waals surface area contributed by atoms with Crippen molar-refractivity contribution in [1.29, 1.82) is 0 Å². The smallest absolute Gasteiger partial charge is 0.225 e. The van der Waals surface area contributed by atoms with Gasteiger partial charge in [0.25, 0.3) is 0 Å². The molecule has 0 aromatic rings. The fourth-order valence-electron chi connectivity index (χ4n) is 2.27. The highest BCUT2D eigenvalue weighted by molar-refractivity contribution is 5.80. The van der Waals surface area contributed by atoms with Crippen LogP contribution in [0.2, 0.25) is 0 Å². The number of nitrogens with zero attached hydrogens (tertiary/aromatic N) is 2. The maximum Gasteiger partial charge on any atom is 0.225 e. The molecule has 1 N–H and O–H groups in total. The Morgan fingerprint density at radius 2 is 1.84 bits per heavy atom. The molecule has 5 heteroatoms. The third-order valence-corrected chi connectivity index (χ3v) is 3.53. The average Bonchev–Trinajstić information content (AvgIpc) is 2.37. The Kier molecular flexibility index (Phi) is 6.28. The van der Waals surface area contributed by atoms with Crippen LogP contribution in [-0.2, 0) is 9.59 Å². The third-order valence-electron chi connectivity index (χ3n) is 3.53. The molecule has 19 heavy (non-hydrogen) atoms. The van der Waals surface area contributed by atoms with Gasteiger partial charge in [-0.05, 0) is 26.9 Å². The summed E-state index contributed by atoms with van der Waals surface area (Å²) in [6, 6.07) is 0. The van der Waals surface area contributed by atoms with E-state index in [4.69, 9.17) is 0 Å². The van der Waals surface area contributed by atoms with Gasteiger partial charge in [0.1, 0.15) is 0 Å². The van der Waals surface area contributed by atoms with Gasteiger partial charge in [0.2, 0.25) is 11.8 Å². The number of carbonyl (C=O) groups excluding carboxylic acids is 2. The number of hydrogen-bond donors (Lipinski definition) is 1. The summed E-state index contributed by atoms with van der Waals surface area (Å²) in [6.45, 7) is 6.81. The number of carbonyl (C=O) groups is 2. The SMILES string of the molecule is CC(C)C(=O)N1CCC(C(=O)NCCN(C)C)CC1. The minimum absolute atomic E-state index is 0.0467. The highest BCUT2D eigenvalue weighted by atomic mass is 16.2. The number of likely N-dealkylation sites (N-methyl/N-ethyl adjacent to an activating group) is 1. The maximum absolute atomic E-state index is 12.0. The van der Waals surface area contributed by atoms with Crippen LogP contribution in [-0.4, -0.2) is 61.9 Å². The lowest BCUT2D eigenvalue weighted by Gasteiger charge is -2.32. The summed E-state index contributed by atoms with van der Waals surface area (Å²) < 4.78 is 0. The molecule has 5 nitrogen and oxygen atoms in total. The molecule has 0 bridgehead atoms. The van der Waals surface area contributed by atoms with E-state index < -0.39 is 0 Å². The van der Waals surface area contributed by atoms with Crippen molar-refractivity contribution in [3.8, 4) is 0 Å². The first kappa shape index (κ1) is 16.0. The first-order chi connectivity index (χ1) is 8.91. The molecule has 0 aliphatic carbocycles. The zero-order valence-corrected chi connectivity index (χ0v) is 12.6. The molecule has 1 heterocycles. The molecular weight excluding hydrogens is 242 g/mol. The molecule has 1 aliphatic heterocycles. The molecule has 0 saturated carbocycles. The number of likely N-dealkylation sites (tertiary alicyclic amines) is 1. The fourth-order valence-corrected chi connectivity index (χ4v) is 2.27. The van der Waals surface area contributed by atoms with Gasteiger partial charge in [0, 0.05) is 38.0 Å². The summed E-state index contributed by atoms with van der Waals surface area (Å²) in [6.07, 6.45) is 1.57. The maximum atomic E-state index is 12.0. The number of nitrogens with one attached hydrogen (secondary N) is 1. The zero-order chi connectivity index (χ0) is 14.4. The molecule has 0 unspecified atom stereocenters. The summed E-state index contributed by atoms with van der Waals surface area (Å²) in [7, 11) is 3.98. The summed E-state index contributed by atoms with van der Waals surface area (Å²) in [5, 5.41) is 2.97. The van der Waals surface area contributed by atoms with Gasteiger partial charge < -0.3 is 15.1 Å². The van der Waals surface area contributed by atoms with Crippen LogP contribution in [0.1, 0.15) is 26.7 Å². The van der Waals surface area contributed by atoms with Crippen LogP contribution < -0.4 is 5.32 Å². The van der Waals surface area contributed by atoms with Gasteiger partial charge >= 0.3 is 0 Å². The van der Waals surface area contributed by atoms with Crippen LogP contribution in [0.15, 0.2) is 0 Å². The van der Waals surface area contributed by atoms with Crippen molar-refractivity contribution >= 4 is 11.8 Å². The van der Waals surface area contributed by atoms with Gasteiger partial charge in [0.05, 0.1) is 0 Å². The second-order valence-electron chi connectivity index (χ2n) is 5.85. The Bertz CT molecular complexity index is 308. The Morgan fingerprint density at radius 1 is 1.26 bits per heavy atom.